The maximum absolute atomic E-state index is 5.92. The largest absolute Gasteiger partial charge is 0.489 e. The van der Waals surface area contributed by atoms with Gasteiger partial charge < -0.3 is 10.1 Å². The van der Waals surface area contributed by atoms with Gasteiger partial charge in [0.2, 0.25) is 0 Å². The smallest absolute Gasteiger partial charge is 0.122 e. The van der Waals surface area contributed by atoms with E-state index in [1.807, 2.05) is 25.1 Å². The van der Waals surface area contributed by atoms with Gasteiger partial charge >= 0.3 is 0 Å². The van der Waals surface area contributed by atoms with Crippen LogP contribution in [0.4, 0.5) is 0 Å². The van der Waals surface area contributed by atoms with Crippen molar-refractivity contribution in [2.24, 2.45) is 0 Å². The highest BCUT2D eigenvalue weighted by Gasteiger charge is 2.15. The van der Waals surface area contributed by atoms with E-state index in [9.17, 15) is 0 Å². The molecule has 1 aromatic carbocycles. The second-order valence-electron chi connectivity index (χ2n) is 4.00. The third-order valence-electron chi connectivity index (χ3n) is 2.68. The monoisotopic (exact) mass is 225 g/mol. The molecule has 0 radical (unpaired) electrons. The molecule has 82 valence electrons. The van der Waals surface area contributed by atoms with Gasteiger partial charge in [-0.05, 0) is 50.1 Å². The van der Waals surface area contributed by atoms with Crippen LogP contribution in [0.2, 0.25) is 5.02 Å². The van der Waals surface area contributed by atoms with Crippen LogP contribution >= 0.6 is 11.6 Å². The predicted molar refractivity (Wildman–Crippen MR) is 62.7 cm³/mol. The van der Waals surface area contributed by atoms with Gasteiger partial charge in [0, 0.05) is 11.6 Å². The van der Waals surface area contributed by atoms with Crippen LogP contribution in [0.5, 0.6) is 5.75 Å². The molecule has 1 fully saturated rings. The molecular weight excluding hydrogens is 210 g/mol. The van der Waals surface area contributed by atoms with E-state index in [1.165, 1.54) is 6.42 Å². The fourth-order valence-corrected chi connectivity index (χ4v) is 2.07. The Kier molecular flexibility index (Phi) is 3.49. The first-order chi connectivity index (χ1) is 7.25. The van der Waals surface area contributed by atoms with Gasteiger partial charge in [0.15, 0.2) is 0 Å². The highest BCUT2D eigenvalue weighted by Crippen LogP contribution is 2.23. The SMILES string of the molecule is Cc1cc(Cl)ccc1O[C@H]1CCCNC1. The fraction of sp³-hybridized carbons (Fsp3) is 0.500. The summed E-state index contributed by atoms with van der Waals surface area (Å²) in [5.41, 5.74) is 1.10. The van der Waals surface area contributed by atoms with Gasteiger partial charge in [0.05, 0.1) is 0 Å². The number of hydrogen-bond donors (Lipinski definition) is 1. The van der Waals surface area contributed by atoms with Crippen LogP contribution in [0.15, 0.2) is 18.2 Å². The molecule has 1 N–H and O–H groups in total. The summed E-state index contributed by atoms with van der Waals surface area (Å²) in [5.74, 6) is 0.952. The van der Waals surface area contributed by atoms with E-state index in [0.29, 0.717) is 6.10 Å². The van der Waals surface area contributed by atoms with Crippen LogP contribution in [0.25, 0.3) is 0 Å². The van der Waals surface area contributed by atoms with Crippen molar-refractivity contribution in [2.75, 3.05) is 13.1 Å². The quantitative estimate of drug-likeness (QED) is 0.836. The van der Waals surface area contributed by atoms with Crippen molar-refractivity contribution >= 4 is 11.6 Å². The topological polar surface area (TPSA) is 21.3 Å². The molecule has 0 spiro atoms. The minimum absolute atomic E-state index is 0.304. The number of halogens is 1. The minimum Gasteiger partial charge on any atom is -0.489 e. The van der Waals surface area contributed by atoms with Crippen molar-refractivity contribution in [1.82, 2.24) is 5.32 Å². The highest BCUT2D eigenvalue weighted by molar-refractivity contribution is 6.30. The lowest BCUT2D eigenvalue weighted by atomic mass is 10.1. The summed E-state index contributed by atoms with van der Waals surface area (Å²) in [6, 6.07) is 5.76. The van der Waals surface area contributed by atoms with Gasteiger partial charge in [-0.3, -0.25) is 0 Å². The minimum atomic E-state index is 0.304. The lowest BCUT2D eigenvalue weighted by Crippen LogP contribution is -2.37. The van der Waals surface area contributed by atoms with Gasteiger partial charge in [-0.15, -0.1) is 0 Å². The molecule has 0 aliphatic carbocycles. The van der Waals surface area contributed by atoms with Crippen molar-refractivity contribution in [2.45, 2.75) is 25.9 Å². The van der Waals surface area contributed by atoms with E-state index in [-0.39, 0.29) is 0 Å². The van der Waals surface area contributed by atoms with Crippen LogP contribution in [0.3, 0.4) is 0 Å². The summed E-state index contributed by atoms with van der Waals surface area (Å²) in [6.07, 6.45) is 2.63. The number of benzene rings is 1. The molecule has 2 rings (SSSR count). The first-order valence-corrected chi connectivity index (χ1v) is 5.77. The normalized spacial score (nSPS) is 21.3. The number of aryl methyl sites for hydroxylation is 1. The van der Waals surface area contributed by atoms with Crippen LogP contribution < -0.4 is 10.1 Å². The second kappa shape index (κ2) is 4.86. The van der Waals surface area contributed by atoms with Crippen LogP contribution in [-0.2, 0) is 0 Å². The average Bonchev–Trinajstić information content (AvgIpc) is 2.24. The van der Waals surface area contributed by atoms with Crippen LogP contribution in [-0.4, -0.2) is 19.2 Å². The third kappa shape index (κ3) is 2.86. The lowest BCUT2D eigenvalue weighted by molar-refractivity contribution is 0.166. The molecular formula is C12H16ClNO. The summed E-state index contributed by atoms with van der Waals surface area (Å²) in [4.78, 5) is 0. The molecule has 1 atom stereocenters. The molecule has 0 amide bonds. The van der Waals surface area contributed by atoms with Crippen molar-refractivity contribution in [3.05, 3.63) is 28.8 Å². The average molecular weight is 226 g/mol. The molecule has 3 heteroatoms. The second-order valence-corrected chi connectivity index (χ2v) is 4.43. The molecule has 15 heavy (non-hydrogen) atoms. The Balaban J connectivity index is 2.03. The van der Waals surface area contributed by atoms with E-state index >= 15 is 0 Å². The molecule has 1 aliphatic rings. The van der Waals surface area contributed by atoms with Crippen molar-refractivity contribution in [3.8, 4) is 5.75 Å². The van der Waals surface area contributed by atoms with Crippen LogP contribution in [0.1, 0.15) is 18.4 Å². The number of rotatable bonds is 2. The molecule has 0 bridgehead atoms. The Labute approximate surface area is 95.6 Å². The Bertz CT molecular complexity index is 334. The standard InChI is InChI=1S/C12H16ClNO/c1-9-7-10(13)4-5-12(9)15-11-3-2-6-14-8-11/h4-5,7,11,14H,2-3,6,8H2,1H3/t11-/m0/s1. The summed E-state index contributed by atoms with van der Waals surface area (Å²) < 4.78 is 5.92. The number of piperidine rings is 1. The molecule has 1 saturated heterocycles. The zero-order valence-electron chi connectivity index (χ0n) is 8.92. The Morgan fingerprint density at radius 2 is 2.33 bits per heavy atom. The highest BCUT2D eigenvalue weighted by atomic mass is 35.5. The van der Waals surface area contributed by atoms with Crippen molar-refractivity contribution in [3.63, 3.8) is 0 Å². The van der Waals surface area contributed by atoms with Gasteiger partial charge in [0.1, 0.15) is 11.9 Å². The first kappa shape index (κ1) is 10.8. The summed E-state index contributed by atoms with van der Waals surface area (Å²) >= 11 is 5.89. The Morgan fingerprint density at radius 1 is 1.47 bits per heavy atom. The number of ether oxygens (including phenoxy) is 1. The molecule has 1 aromatic rings. The van der Waals surface area contributed by atoms with E-state index < -0.39 is 0 Å². The molecule has 0 unspecified atom stereocenters. The molecule has 1 heterocycles. The lowest BCUT2D eigenvalue weighted by Gasteiger charge is -2.24. The molecule has 0 aromatic heterocycles. The van der Waals surface area contributed by atoms with E-state index in [0.717, 1.165) is 35.8 Å². The maximum atomic E-state index is 5.92. The van der Waals surface area contributed by atoms with Crippen molar-refractivity contribution in [1.29, 1.82) is 0 Å². The Morgan fingerprint density at radius 3 is 3.00 bits per heavy atom. The fourth-order valence-electron chi connectivity index (χ4n) is 1.85. The predicted octanol–water partition coefficient (Wildman–Crippen LogP) is 2.78. The van der Waals surface area contributed by atoms with Crippen molar-refractivity contribution < 1.29 is 4.74 Å². The van der Waals surface area contributed by atoms with Gasteiger partial charge in [-0.1, -0.05) is 11.6 Å². The first-order valence-electron chi connectivity index (χ1n) is 5.39. The summed E-state index contributed by atoms with van der Waals surface area (Å²) in [7, 11) is 0. The zero-order valence-corrected chi connectivity index (χ0v) is 9.68. The Hall–Kier alpha value is -0.730. The van der Waals surface area contributed by atoms with E-state index in [4.69, 9.17) is 16.3 Å². The van der Waals surface area contributed by atoms with E-state index in [2.05, 4.69) is 5.32 Å². The number of hydrogen-bond acceptors (Lipinski definition) is 2. The van der Waals surface area contributed by atoms with Gasteiger partial charge in [0.25, 0.3) is 0 Å². The summed E-state index contributed by atoms with van der Waals surface area (Å²) in [6.45, 7) is 4.08. The van der Waals surface area contributed by atoms with Crippen LogP contribution in [0, 0.1) is 6.92 Å². The number of nitrogens with one attached hydrogen (secondary N) is 1. The van der Waals surface area contributed by atoms with Gasteiger partial charge in [-0.2, -0.15) is 0 Å². The molecule has 0 saturated carbocycles. The molecule has 1 aliphatic heterocycles. The summed E-state index contributed by atoms with van der Waals surface area (Å²) in [5, 5.41) is 4.10. The maximum Gasteiger partial charge on any atom is 0.122 e. The third-order valence-corrected chi connectivity index (χ3v) is 2.92. The van der Waals surface area contributed by atoms with E-state index in [1.54, 1.807) is 0 Å². The van der Waals surface area contributed by atoms with Gasteiger partial charge in [-0.25, -0.2) is 0 Å². The zero-order chi connectivity index (χ0) is 10.7. The molecule has 2 nitrogen and oxygen atoms in total.